The Hall–Kier alpha value is -3.70. The van der Waals surface area contributed by atoms with Crippen LogP contribution in [0.1, 0.15) is 39.4 Å². The normalized spacial score (nSPS) is 17.1. The highest BCUT2D eigenvalue weighted by Crippen LogP contribution is 2.41. The fourth-order valence-corrected chi connectivity index (χ4v) is 4.78. The van der Waals surface area contributed by atoms with Crippen molar-refractivity contribution in [3.8, 4) is 5.75 Å². The summed E-state index contributed by atoms with van der Waals surface area (Å²) in [4.78, 5) is 11.8. The number of rotatable bonds is 6. The molecule has 5 rings (SSSR count). The number of carbonyl (C=O) groups is 1. The number of para-hydroxylation sites is 1. The molecule has 0 fully saturated rings. The molecule has 5 heteroatoms. The molecule has 2 unspecified atom stereocenters. The Morgan fingerprint density at radius 1 is 1.00 bits per heavy atom. The third kappa shape index (κ3) is 4.39. The lowest BCUT2D eigenvalue weighted by Crippen LogP contribution is -2.35. The molecule has 1 aliphatic rings. The molecule has 0 saturated heterocycles. The SMILES string of the molecule is COC(=O)c1ccc(C2CC(CNCc3cccc4ccccc34)Oc3ccccc32)c(F)c1. The second-order valence-electron chi connectivity index (χ2n) is 8.56. The molecule has 0 amide bonds. The van der Waals surface area contributed by atoms with E-state index in [-0.39, 0.29) is 17.6 Å². The number of methoxy groups -OCH3 is 1. The quantitative estimate of drug-likeness (QED) is 0.371. The standard InChI is InChI=1S/C29H26FNO3/c1-33-29(32)20-13-14-24(27(30)15-20)26-16-22(34-28-12-5-4-11-25(26)28)18-31-17-21-9-6-8-19-7-2-3-10-23(19)21/h2-15,22,26,31H,16-18H2,1H3. The van der Waals surface area contributed by atoms with E-state index in [9.17, 15) is 4.79 Å². The van der Waals surface area contributed by atoms with Crippen LogP contribution < -0.4 is 10.1 Å². The van der Waals surface area contributed by atoms with Crippen LogP contribution in [0, 0.1) is 5.82 Å². The van der Waals surface area contributed by atoms with Gasteiger partial charge >= 0.3 is 5.97 Å². The molecule has 0 aromatic heterocycles. The van der Waals surface area contributed by atoms with Gasteiger partial charge in [-0.25, -0.2) is 9.18 Å². The van der Waals surface area contributed by atoms with Gasteiger partial charge in [-0.3, -0.25) is 0 Å². The molecule has 172 valence electrons. The van der Waals surface area contributed by atoms with Gasteiger partial charge in [0.2, 0.25) is 0 Å². The third-order valence-electron chi connectivity index (χ3n) is 6.45. The van der Waals surface area contributed by atoms with Crippen LogP contribution in [0.2, 0.25) is 0 Å². The first-order valence-electron chi connectivity index (χ1n) is 11.4. The van der Waals surface area contributed by atoms with Crippen molar-refractivity contribution in [1.29, 1.82) is 0 Å². The first-order chi connectivity index (χ1) is 16.6. The van der Waals surface area contributed by atoms with E-state index in [1.165, 1.54) is 29.5 Å². The fraction of sp³-hybridized carbons (Fsp3) is 0.207. The van der Waals surface area contributed by atoms with Crippen molar-refractivity contribution in [2.24, 2.45) is 0 Å². The lowest BCUT2D eigenvalue weighted by atomic mass is 9.83. The first kappa shape index (κ1) is 22.1. The van der Waals surface area contributed by atoms with Crippen LogP contribution in [0.25, 0.3) is 10.8 Å². The number of benzene rings is 4. The van der Waals surface area contributed by atoms with Gasteiger partial charge in [-0.2, -0.15) is 0 Å². The monoisotopic (exact) mass is 455 g/mol. The van der Waals surface area contributed by atoms with E-state index in [1.807, 2.05) is 30.3 Å². The van der Waals surface area contributed by atoms with Gasteiger partial charge in [0.15, 0.2) is 0 Å². The highest BCUT2D eigenvalue weighted by Gasteiger charge is 2.31. The summed E-state index contributed by atoms with van der Waals surface area (Å²) in [6.45, 7) is 1.35. The predicted octanol–water partition coefficient (Wildman–Crippen LogP) is 5.84. The molecular weight excluding hydrogens is 429 g/mol. The molecular formula is C29H26FNO3. The molecule has 4 aromatic rings. The van der Waals surface area contributed by atoms with Crippen molar-refractivity contribution in [1.82, 2.24) is 5.32 Å². The van der Waals surface area contributed by atoms with Crippen molar-refractivity contribution in [2.45, 2.75) is 25.0 Å². The molecule has 1 heterocycles. The van der Waals surface area contributed by atoms with Crippen molar-refractivity contribution in [2.75, 3.05) is 13.7 Å². The predicted molar refractivity (Wildman–Crippen MR) is 131 cm³/mol. The summed E-state index contributed by atoms with van der Waals surface area (Å²) in [5.74, 6) is -0.353. The maximum Gasteiger partial charge on any atom is 0.337 e. The Balaban J connectivity index is 1.35. The van der Waals surface area contributed by atoms with Gasteiger partial charge in [0.1, 0.15) is 17.7 Å². The van der Waals surface area contributed by atoms with Crippen LogP contribution in [-0.4, -0.2) is 25.7 Å². The van der Waals surface area contributed by atoms with E-state index in [2.05, 4.69) is 41.7 Å². The summed E-state index contributed by atoms with van der Waals surface area (Å²) in [5, 5.41) is 5.99. The smallest absolute Gasteiger partial charge is 0.337 e. The van der Waals surface area contributed by atoms with E-state index in [4.69, 9.17) is 9.47 Å². The number of hydrogen-bond donors (Lipinski definition) is 1. The van der Waals surface area contributed by atoms with Gasteiger partial charge in [-0.1, -0.05) is 66.7 Å². The van der Waals surface area contributed by atoms with Crippen molar-refractivity contribution >= 4 is 16.7 Å². The van der Waals surface area contributed by atoms with Gasteiger partial charge in [-0.15, -0.1) is 0 Å². The maximum atomic E-state index is 15.1. The Bertz CT molecular complexity index is 1330. The summed E-state index contributed by atoms with van der Waals surface area (Å²) in [5.41, 5.74) is 2.95. The zero-order valence-electron chi connectivity index (χ0n) is 19.0. The summed E-state index contributed by atoms with van der Waals surface area (Å²) >= 11 is 0. The summed E-state index contributed by atoms with van der Waals surface area (Å²) < 4.78 is 26.1. The second kappa shape index (κ2) is 9.65. The topological polar surface area (TPSA) is 47.6 Å². The van der Waals surface area contributed by atoms with E-state index in [1.54, 1.807) is 12.1 Å². The minimum atomic E-state index is -0.548. The van der Waals surface area contributed by atoms with Gasteiger partial charge in [-0.05, 0) is 46.5 Å². The number of nitrogens with one attached hydrogen (secondary N) is 1. The zero-order valence-corrected chi connectivity index (χ0v) is 19.0. The van der Waals surface area contributed by atoms with Crippen LogP contribution in [0.3, 0.4) is 0 Å². The van der Waals surface area contributed by atoms with E-state index in [0.29, 0.717) is 18.5 Å². The van der Waals surface area contributed by atoms with Crippen molar-refractivity contribution in [3.05, 3.63) is 113 Å². The number of esters is 1. The van der Waals surface area contributed by atoms with Gasteiger partial charge < -0.3 is 14.8 Å². The highest BCUT2D eigenvalue weighted by molar-refractivity contribution is 5.89. The van der Waals surface area contributed by atoms with Crippen LogP contribution in [0.5, 0.6) is 5.75 Å². The van der Waals surface area contributed by atoms with Crippen molar-refractivity contribution < 1.29 is 18.7 Å². The number of carbonyl (C=O) groups excluding carboxylic acids is 1. The first-order valence-corrected chi connectivity index (χ1v) is 11.4. The van der Waals surface area contributed by atoms with E-state index in [0.717, 1.165) is 17.9 Å². The lowest BCUT2D eigenvalue weighted by Gasteiger charge is -2.33. The number of fused-ring (bicyclic) bond motifs is 2. The van der Waals surface area contributed by atoms with E-state index >= 15 is 4.39 Å². The summed E-state index contributed by atoms with van der Waals surface area (Å²) in [6.07, 6.45) is 0.517. The van der Waals surface area contributed by atoms with Gasteiger partial charge in [0.25, 0.3) is 0 Å². The molecule has 2 atom stereocenters. The van der Waals surface area contributed by atoms with Gasteiger partial charge in [0.05, 0.1) is 12.7 Å². The Kier molecular flexibility index (Phi) is 6.28. The molecule has 34 heavy (non-hydrogen) atoms. The summed E-state index contributed by atoms with van der Waals surface area (Å²) in [6, 6.07) is 27.0. The fourth-order valence-electron chi connectivity index (χ4n) is 4.78. The Morgan fingerprint density at radius 2 is 1.79 bits per heavy atom. The second-order valence-corrected chi connectivity index (χ2v) is 8.56. The van der Waals surface area contributed by atoms with Crippen molar-refractivity contribution in [3.63, 3.8) is 0 Å². The maximum absolute atomic E-state index is 15.1. The molecule has 1 N–H and O–H groups in total. The molecule has 0 spiro atoms. The van der Waals surface area contributed by atoms with Crippen LogP contribution in [0.15, 0.2) is 84.9 Å². The van der Waals surface area contributed by atoms with E-state index < -0.39 is 11.8 Å². The molecule has 4 nitrogen and oxygen atoms in total. The molecule has 0 saturated carbocycles. The van der Waals surface area contributed by atoms with Crippen LogP contribution in [-0.2, 0) is 11.3 Å². The third-order valence-corrected chi connectivity index (χ3v) is 6.45. The van der Waals surface area contributed by atoms with Crippen LogP contribution in [0.4, 0.5) is 4.39 Å². The molecule has 0 radical (unpaired) electrons. The van der Waals surface area contributed by atoms with Crippen LogP contribution >= 0.6 is 0 Å². The number of hydrogen-bond acceptors (Lipinski definition) is 4. The molecule has 0 aliphatic carbocycles. The minimum Gasteiger partial charge on any atom is -0.489 e. The molecule has 4 aromatic carbocycles. The average Bonchev–Trinajstić information content (AvgIpc) is 2.88. The number of halogens is 1. The lowest BCUT2D eigenvalue weighted by molar-refractivity contribution is 0.0600. The Morgan fingerprint density at radius 3 is 2.65 bits per heavy atom. The molecule has 0 bridgehead atoms. The van der Waals surface area contributed by atoms with Gasteiger partial charge in [0, 0.05) is 24.6 Å². The largest absolute Gasteiger partial charge is 0.489 e. The molecule has 1 aliphatic heterocycles. The zero-order chi connectivity index (χ0) is 23.5. The minimum absolute atomic E-state index is 0.116. The number of ether oxygens (including phenoxy) is 2. The highest BCUT2D eigenvalue weighted by atomic mass is 19.1. The summed E-state index contributed by atoms with van der Waals surface area (Å²) in [7, 11) is 1.29. The average molecular weight is 456 g/mol. The Labute approximate surface area is 198 Å².